The zero-order valence-electron chi connectivity index (χ0n) is 11.8. The van der Waals surface area contributed by atoms with Gasteiger partial charge in [-0.05, 0) is 48.3 Å². The van der Waals surface area contributed by atoms with Crippen molar-refractivity contribution in [1.82, 2.24) is 0 Å². The third kappa shape index (κ3) is 3.49. The summed E-state index contributed by atoms with van der Waals surface area (Å²) in [7, 11) is 0. The number of hydrogen-bond donors (Lipinski definition) is 1. The van der Waals surface area contributed by atoms with Gasteiger partial charge in [-0.15, -0.1) is 0 Å². The molecule has 106 valence electrons. The van der Waals surface area contributed by atoms with Gasteiger partial charge in [-0.25, -0.2) is 4.39 Å². The monoisotopic (exact) mass is 283 g/mol. The first-order valence-corrected chi connectivity index (χ1v) is 7.47. The first kappa shape index (κ1) is 14.8. The lowest BCUT2D eigenvalue weighted by atomic mass is 9.65. The lowest BCUT2D eigenvalue weighted by molar-refractivity contribution is 0.112. The molecular formula is C16H23ClFN. The highest BCUT2D eigenvalue weighted by molar-refractivity contribution is 6.30. The van der Waals surface area contributed by atoms with Crippen molar-refractivity contribution < 1.29 is 4.39 Å². The summed E-state index contributed by atoms with van der Waals surface area (Å²) in [6.45, 7) is 4.63. The summed E-state index contributed by atoms with van der Waals surface area (Å²) in [4.78, 5) is 0. The quantitative estimate of drug-likeness (QED) is 0.864. The fourth-order valence-electron chi connectivity index (χ4n) is 3.40. The van der Waals surface area contributed by atoms with Crippen molar-refractivity contribution in [2.24, 2.45) is 17.1 Å². The van der Waals surface area contributed by atoms with E-state index in [-0.39, 0.29) is 16.9 Å². The first-order valence-electron chi connectivity index (χ1n) is 7.09. The van der Waals surface area contributed by atoms with E-state index in [4.69, 9.17) is 17.3 Å². The number of hydrogen-bond acceptors (Lipinski definition) is 1. The van der Waals surface area contributed by atoms with Gasteiger partial charge in [0.1, 0.15) is 5.82 Å². The van der Waals surface area contributed by atoms with Crippen LogP contribution in [0.3, 0.4) is 0 Å². The smallest absolute Gasteiger partial charge is 0.141 e. The largest absolute Gasteiger partial charge is 0.327 e. The summed E-state index contributed by atoms with van der Waals surface area (Å²) in [5, 5.41) is 0.188. The zero-order valence-corrected chi connectivity index (χ0v) is 12.5. The van der Waals surface area contributed by atoms with Crippen molar-refractivity contribution in [2.45, 2.75) is 52.0 Å². The fourth-order valence-corrected chi connectivity index (χ4v) is 3.60. The molecule has 3 heteroatoms. The van der Waals surface area contributed by atoms with Gasteiger partial charge in [0.2, 0.25) is 0 Å². The van der Waals surface area contributed by atoms with Gasteiger partial charge < -0.3 is 5.73 Å². The summed E-state index contributed by atoms with van der Waals surface area (Å²) >= 11 is 5.82. The molecule has 1 aromatic carbocycles. The van der Waals surface area contributed by atoms with Crippen molar-refractivity contribution in [3.8, 4) is 0 Å². The third-order valence-electron chi connectivity index (χ3n) is 4.56. The molecular weight excluding hydrogens is 261 g/mol. The molecule has 1 fully saturated rings. The Morgan fingerprint density at radius 2 is 2.16 bits per heavy atom. The molecule has 0 radical (unpaired) electrons. The highest BCUT2D eigenvalue weighted by Gasteiger charge is 2.35. The number of rotatable bonds is 3. The van der Waals surface area contributed by atoms with E-state index >= 15 is 0 Å². The normalized spacial score (nSPS) is 24.2. The first-order chi connectivity index (χ1) is 8.90. The van der Waals surface area contributed by atoms with Crippen LogP contribution in [0.15, 0.2) is 18.2 Å². The van der Waals surface area contributed by atoms with Crippen LogP contribution in [-0.4, -0.2) is 6.04 Å². The van der Waals surface area contributed by atoms with E-state index in [1.165, 1.54) is 31.7 Å². The van der Waals surface area contributed by atoms with Gasteiger partial charge >= 0.3 is 0 Å². The van der Waals surface area contributed by atoms with Crippen molar-refractivity contribution in [3.05, 3.63) is 34.6 Å². The molecule has 2 N–H and O–H groups in total. The third-order valence-corrected chi connectivity index (χ3v) is 4.85. The molecule has 2 atom stereocenters. The molecule has 2 rings (SSSR count). The van der Waals surface area contributed by atoms with E-state index in [2.05, 4.69) is 13.8 Å². The summed E-state index contributed by atoms with van der Waals surface area (Å²) in [6.07, 6.45) is 5.79. The summed E-state index contributed by atoms with van der Waals surface area (Å²) in [5.74, 6) is 0.169. The lowest BCUT2D eigenvalue weighted by Gasteiger charge is -2.42. The predicted molar refractivity (Wildman–Crippen MR) is 78.8 cm³/mol. The predicted octanol–water partition coefficient (Wildman–Crippen LogP) is 4.57. The van der Waals surface area contributed by atoms with Crippen molar-refractivity contribution in [1.29, 1.82) is 0 Å². The molecule has 1 aliphatic carbocycles. The maximum Gasteiger partial charge on any atom is 0.141 e. The Morgan fingerprint density at radius 3 is 2.79 bits per heavy atom. The molecule has 0 saturated heterocycles. The Hall–Kier alpha value is -0.600. The van der Waals surface area contributed by atoms with Crippen LogP contribution in [0.2, 0.25) is 5.02 Å². The average Bonchev–Trinajstić information content (AvgIpc) is 2.33. The van der Waals surface area contributed by atoms with Crippen LogP contribution in [0.4, 0.5) is 4.39 Å². The SMILES string of the molecule is CC1(C)CCCCC1C(N)Cc1ccc(F)c(Cl)c1. The van der Waals surface area contributed by atoms with Crippen molar-refractivity contribution in [2.75, 3.05) is 0 Å². The Bertz CT molecular complexity index is 444. The van der Waals surface area contributed by atoms with E-state index in [1.54, 1.807) is 12.1 Å². The van der Waals surface area contributed by atoms with E-state index in [1.807, 2.05) is 0 Å². The minimum absolute atomic E-state index is 0.122. The van der Waals surface area contributed by atoms with Crippen molar-refractivity contribution in [3.63, 3.8) is 0 Å². The second-order valence-electron chi connectivity index (χ2n) is 6.46. The molecule has 2 unspecified atom stereocenters. The zero-order chi connectivity index (χ0) is 14.0. The molecule has 1 nitrogen and oxygen atoms in total. The molecule has 0 aromatic heterocycles. The second kappa shape index (κ2) is 5.80. The number of benzene rings is 1. The van der Waals surface area contributed by atoms with Crippen LogP contribution in [0.1, 0.15) is 45.1 Å². The van der Waals surface area contributed by atoms with Gasteiger partial charge in [0.15, 0.2) is 0 Å². The average molecular weight is 284 g/mol. The molecule has 1 aromatic rings. The molecule has 19 heavy (non-hydrogen) atoms. The Kier molecular flexibility index (Phi) is 4.52. The standard InChI is InChI=1S/C16H23ClFN/c1-16(2)8-4-3-5-12(16)15(19)10-11-6-7-14(18)13(17)9-11/h6-7,9,12,15H,3-5,8,10,19H2,1-2H3. The van der Waals surface area contributed by atoms with Gasteiger partial charge in [-0.2, -0.15) is 0 Å². The molecule has 1 aliphatic rings. The molecule has 0 aliphatic heterocycles. The molecule has 1 saturated carbocycles. The molecule has 0 spiro atoms. The molecule has 0 bridgehead atoms. The maximum atomic E-state index is 13.2. The van der Waals surface area contributed by atoms with E-state index in [0.29, 0.717) is 11.3 Å². The minimum atomic E-state index is -0.364. The van der Waals surface area contributed by atoms with Gasteiger partial charge in [0.05, 0.1) is 5.02 Å². The lowest BCUT2D eigenvalue weighted by Crippen LogP contribution is -2.43. The van der Waals surface area contributed by atoms with Gasteiger partial charge in [-0.1, -0.05) is 44.4 Å². The topological polar surface area (TPSA) is 26.0 Å². The van der Waals surface area contributed by atoms with Crippen LogP contribution in [0, 0.1) is 17.2 Å². The van der Waals surface area contributed by atoms with Crippen LogP contribution in [0.5, 0.6) is 0 Å². The van der Waals surface area contributed by atoms with Crippen LogP contribution >= 0.6 is 11.6 Å². The fraction of sp³-hybridized carbons (Fsp3) is 0.625. The van der Waals surface area contributed by atoms with Gasteiger partial charge in [0.25, 0.3) is 0 Å². The van der Waals surface area contributed by atoms with E-state index < -0.39 is 0 Å². The molecule has 0 amide bonds. The summed E-state index contributed by atoms with van der Waals surface area (Å²) in [5.41, 5.74) is 7.74. The molecule has 0 heterocycles. The van der Waals surface area contributed by atoms with Crippen molar-refractivity contribution >= 4 is 11.6 Å². The van der Waals surface area contributed by atoms with Gasteiger partial charge in [-0.3, -0.25) is 0 Å². The van der Waals surface area contributed by atoms with Crippen LogP contribution in [0.25, 0.3) is 0 Å². The van der Waals surface area contributed by atoms with Gasteiger partial charge in [0, 0.05) is 6.04 Å². The highest BCUT2D eigenvalue weighted by atomic mass is 35.5. The number of nitrogens with two attached hydrogens (primary N) is 1. The number of halogens is 2. The Labute approximate surface area is 120 Å². The Balaban J connectivity index is 2.07. The summed E-state index contributed by atoms with van der Waals surface area (Å²) in [6, 6.07) is 5.04. The van der Waals surface area contributed by atoms with Crippen LogP contribution < -0.4 is 5.73 Å². The van der Waals surface area contributed by atoms with E-state index in [0.717, 1.165) is 12.0 Å². The minimum Gasteiger partial charge on any atom is -0.327 e. The van der Waals surface area contributed by atoms with Crippen LogP contribution in [-0.2, 0) is 6.42 Å². The second-order valence-corrected chi connectivity index (χ2v) is 6.86. The highest BCUT2D eigenvalue weighted by Crippen LogP contribution is 2.42. The summed E-state index contributed by atoms with van der Waals surface area (Å²) < 4.78 is 13.2. The Morgan fingerprint density at radius 1 is 1.42 bits per heavy atom. The maximum absolute atomic E-state index is 13.2. The van der Waals surface area contributed by atoms with E-state index in [9.17, 15) is 4.39 Å².